The summed E-state index contributed by atoms with van der Waals surface area (Å²) < 4.78 is 21.0. The van der Waals surface area contributed by atoms with Crippen LogP contribution in [0.3, 0.4) is 0 Å². The van der Waals surface area contributed by atoms with E-state index in [1.165, 1.54) is 23.5 Å². The first-order chi connectivity index (χ1) is 18.3. The average Bonchev–Trinajstić information content (AvgIpc) is 3.66. The molecule has 0 atom stereocenters. The minimum absolute atomic E-state index is 0.0477. The summed E-state index contributed by atoms with van der Waals surface area (Å²) in [6.45, 7) is 7.42. The van der Waals surface area contributed by atoms with Gasteiger partial charge in [0.15, 0.2) is 11.6 Å². The Morgan fingerprint density at radius 3 is 1.37 bits per heavy atom. The molecule has 4 heterocycles. The topological polar surface area (TPSA) is 85.7 Å². The number of Topliss-reactive ketones (excluding diaryl/α,β-unsaturated/α-hetero) is 2. The van der Waals surface area contributed by atoms with Crippen LogP contribution in [0.5, 0.6) is 0 Å². The van der Waals surface area contributed by atoms with E-state index in [0.717, 1.165) is 74.2 Å². The molecule has 38 heavy (non-hydrogen) atoms. The Kier molecular flexibility index (Phi) is 5.31. The molecule has 0 aliphatic carbocycles. The average molecular weight is 571 g/mol. The van der Waals surface area contributed by atoms with E-state index in [2.05, 4.69) is 22.6 Å². The molecule has 0 unspecified atom stereocenters. The van der Waals surface area contributed by atoms with E-state index in [9.17, 15) is 9.59 Å². The summed E-state index contributed by atoms with van der Waals surface area (Å²) >= 11 is 5.71. The van der Waals surface area contributed by atoms with Crippen LogP contribution in [-0.2, 0) is 0 Å². The number of hydrogen-bond donors (Lipinski definition) is 0. The fourth-order valence-corrected chi connectivity index (χ4v) is 8.57. The van der Waals surface area contributed by atoms with Gasteiger partial charge >= 0.3 is 0 Å². The molecule has 0 bridgehead atoms. The molecule has 0 aliphatic rings. The van der Waals surface area contributed by atoms with Crippen LogP contribution in [0.4, 0.5) is 0 Å². The van der Waals surface area contributed by atoms with Crippen LogP contribution < -0.4 is 0 Å². The smallest absolute Gasteiger partial charge is 0.159 e. The minimum Gasteiger partial charge on any atom is -0.295 e. The second-order valence-corrected chi connectivity index (χ2v) is 12.8. The fourth-order valence-electron chi connectivity index (χ4n) is 5.24. The molecular weight excluding hydrogens is 553 g/mol. The molecule has 0 aliphatic heterocycles. The molecule has 4 aromatic heterocycles. The molecule has 6 nitrogen and oxygen atoms in total. The number of rotatable bonds is 4. The van der Waals surface area contributed by atoms with Crippen molar-refractivity contribution in [2.45, 2.75) is 27.7 Å². The maximum atomic E-state index is 12.1. The van der Waals surface area contributed by atoms with Gasteiger partial charge in [0.2, 0.25) is 0 Å². The van der Waals surface area contributed by atoms with Crippen LogP contribution in [0.1, 0.15) is 44.3 Å². The Hall–Kier alpha value is -3.44. The molecule has 0 saturated heterocycles. The highest BCUT2D eigenvalue weighted by atomic mass is 32.1. The van der Waals surface area contributed by atoms with Crippen molar-refractivity contribution < 1.29 is 9.59 Å². The minimum atomic E-state index is 0.0477. The summed E-state index contributed by atoms with van der Waals surface area (Å²) in [5.41, 5.74) is 8.69. The highest BCUT2D eigenvalue weighted by Gasteiger charge is 2.28. The largest absolute Gasteiger partial charge is 0.295 e. The number of fused-ring (bicyclic) bond motifs is 5. The molecule has 0 amide bonds. The van der Waals surface area contributed by atoms with Gasteiger partial charge in [-0.05, 0) is 39.8 Å². The van der Waals surface area contributed by atoms with E-state index in [0.29, 0.717) is 11.1 Å². The van der Waals surface area contributed by atoms with Crippen molar-refractivity contribution in [3.8, 4) is 22.3 Å². The molecule has 7 aromatic rings. The zero-order chi connectivity index (χ0) is 26.3. The Labute approximate surface area is 233 Å². The van der Waals surface area contributed by atoms with Crippen molar-refractivity contribution in [3.05, 3.63) is 57.3 Å². The monoisotopic (exact) mass is 570 g/mol. The normalized spacial score (nSPS) is 11.9. The second kappa shape index (κ2) is 8.54. The lowest BCUT2D eigenvalue weighted by Crippen LogP contribution is -1.94. The number of nitrogens with zero attached hydrogens (tertiary/aromatic N) is 4. The van der Waals surface area contributed by atoms with Crippen LogP contribution in [0.25, 0.3) is 64.5 Å². The van der Waals surface area contributed by atoms with Gasteiger partial charge in [-0.1, -0.05) is 24.3 Å². The Morgan fingerprint density at radius 2 is 0.974 bits per heavy atom. The number of aromatic nitrogens is 4. The van der Waals surface area contributed by atoms with Crippen LogP contribution in [-0.4, -0.2) is 29.1 Å². The number of thiophene rings is 2. The maximum Gasteiger partial charge on any atom is 0.159 e. The Bertz CT molecular complexity index is 1980. The zero-order valence-electron chi connectivity index (χ0n) is 20.7. The summed E-state index contributed by atoms with van der Waals surface area (Å²) in [5.74, 6) is 0.0955. The number of aryl methyl sites for hydroxylation is 2. The van der Waals surface area contributed by atoms with Crippen LogP contribution >= 0.6 is 46.1 Å². The van der Waals surface area contributed by atoms with E-state index in [4.69, 9.17) is 8.75 Å². The first-order valence-corrected chi connectivity index (χ1v) is 14.9. The third-order valence-electron chi connectivity index (χ3n) is 6.97. The van der Waals surface area contributed by atoms with E-state index in [1.54, 1.807) is 36.5 Å². The van der Waals surface area contributed by atoms with E-state index in [1.807, 2.05) is 36.4 Å². The van der Waals surface area contributed by atoms with Gasteiger partial charge in [-0.3, -0.25) is 9.59 Å². The lowest BCUT2D eigenvalue weighted by molar-refractivity contribution is 0.100. The van der Waals surface area contributed by atoms with Crippen LogP contribution in [0.15, 0.2) is 36.4 Å². The van der Waals surface area contributed by atoms with Crippen molar-refractivity contribution in [2.24, 2.45) is 0 Å². The molecule has 0 fully saturated rings. The summed E-state index contributed by atoms with van der Waals surface area (Å²) in [4.78, 5) is 26.5. The number of carbonyl (C=O) groups excluding carboxylic acids is 2. The molecule has 10 heteroatoms. The second-order valence-electron chi connectivity index (χ2n) is 9.27. The number of benzene rings is 3. The van der Waals surface area contributed by atoms with Gasteiger partial charge in [0.05, 0.1) is 23.5 Å². The SMILES string of the molecule is CC(=O)c1ccc2c(-c3c(-c4c(C)sc5cc(C(C)=O)ccc45)c4nsnc4c4nsnc34)c(C)sc2c1. The van der Waals surface area contributed by atoms with Gasteiger partial charge in [-0.2, -0.15) is 17.5 Å². The van der Waals surface area contributed by atoms with Crippen LogP contribution in [0.2, 0.25) is 0 Å². The van der Waals surface area contributed by atoms with Gasteiger partial charge < -0.3 is 0 Å². The predicted molar refractivity (Wildman–Crippen MR) is 160 cm³/mol. The number of ketones is 2. The van der Waals surface area contributed by atoms with Gasteiger partial charge in [-0.25, -0.2) is 0 Å². The van der Waals surface area contributed by atoms with Gasteiger partial charge in [0.1, 0.15) is 22.1 Å². The summed E-state index contributed by atoms with van der Waals surface area (Å²) in [5, 5.41) is 2.15. The Morgan fingerprint density at radius 1 is 0.579 bits per heavy atom. The molecular formula is C28H18N4O2S4. The quantitative estimate of drug-likeness (QED) is 0.197. The fraction of sp³-hybridized carbons (Fsp3) is 0.143. The number of carbonyl (C=O) groups is 2. The van der Waals surface area contributed by atoms with Gasteiger partial charge in [0, 0.05) is 63.3 Å². The lowest BCUT2D eigenvalue weighted by Gasteiger charge is -2.13. The van der Waals surface area contributed by atoms with Gasteiger partial charge in [0.25, 0.3) is 0 Å². The summed E-state index contributed by atoms with van der Waals surface area (Å²) in [7, 11) is 0. The Balaban J connectivity index is 1.66. The lowest BCUT2D eigenvalue weighted by atomic mass is 9.89. The van der Waals surface area contributed by atoms with Crippen molar-refractivity contribution in [2.75, 3.05) is 0 Å². The first-order valence-electron chi connectivity index (χ1n) is 11.8. The molecule has 7 rings (SSSR count). The molecule has 0 spiro atoms. The standard InChI is InChI=1S/C28H18N4O2S4/c1-11(33)15-5-7-17-19(9-15)35-13(3)21(17)23-24(26-28(32-38-30-26)27-25(23)29-37-31-27)22-14(4)36-20-10-16(12(2)34)6-8-18(20)22/h5-10H,1-4H3. The highest BCUT2D eigenvalue weighted by Crippen LogP contribution is 2.51. The molecule has 0 radical (unpaired) electrons. The molecule has 186 valence electrons. The predicted octanol–water partition coefficient (Wildman–Crippen LogP) is 8.48. The van der Waals surface area contributed by atoms with Crippen molar-refractivity contribution in [1.82, 2.24) is 17.5 Å². The van der Waals surface area contributed by atoms with Crippen molar-refractivity contribution in [3.63, 3.8) is 0 Å². The highest BCUT2D eigenvalue weighted by molar-refractivity contribution is 7.20. The zero-order valence-corrected chi connectivity index (χ0v) is 24.0. The maximum absolute atomic E-state index is 12.1. The number of hydrogen-bond acceptors (Lipinski definition) is 10. The summed E-state index contributed by atoms with van der Waals surface area (Å²) in [6, 6.07) is 11.8. The summed E-state index contributed by atoms with van der Waals surface area (Å²) in [6.07, 6.45) is 0. The van der Waals surface area contributed by atoms with Crippen LogP contribution in [0, 0.1) is 13.8 Å². The van der Waals surface area contributed by atoms with Crippen molar-refractivity contribution in [1.29, 1.82) is 0 Å². The molecule has 3 aromatic carbocycles. The third kappa shape index (κ3) is 3.34. The molecule has 0 N–H and O–H groups in total. The van der Waals surface area contributed by atoms with Crippen molar-refractivity contribution >= 4 is 99.9 Å². The van der Waals surface area contributed by atoms with E-state index in [-0.39, 0.29) is 11.6 Å². The molecule has 0 saturated carbocycles. The first kappa shape index (κ1) is 23.7. The third-order valence-corrected chi connectivity index (χ3v) is 10.2. The van der Waals surface area contributed by atoms with E-state index < -0.39 is 0 Å². The van der Waals surface area contributed by atoms with Gasteiger partial charge in [-0.15, -0.1) is 22.7 Å². The van der Waals surface area contributed by atoms with E-state index >= 15 is 0 Å².